The number of carbonyl (C=O) groups excluding carboxylic acids is 1. The minimum atomic E-state index is 0.0399. The van der Waals surface area contributed by atoms with E-state index in [9.17, 15) is 4.79 Å². The number of aryl methyl sites for hydroxylation is 2. The highest BCUT2D eigenvalue weighted by Crippen LogP contribution is 2.33. The fraction of sp³-hybridized carbons (Fsp3) is 0.286. The lowest BCUT2D eigenvalue weighted by Crippen LogP contribution is -2.24. The standard InChI is InChI=1S/C28H28ClN3O2/c1-2-20-8-14-24(15-9-20)34-17-5-16-31-26-7-4-3-6-25(26)30-28(31)21-18-27(33)32(19-21)23-12-10-22(29)11-13-23/h3-4,6-15,21H,2,5,16-19H2,1H3. The molecule has 3 aromatic carbocycles. The van der Waals surface area contributed by atoms with E-state index in [1.165, 1.54) is 5.56 Å². The molecule has 1 aromatic heterocycles. The third-order valence-corrected chi connectivity index (χ3v) is 6.69. The maximum Gasteiger partial charge on any atom is 0.227 e. The van der Waals surface area contributed by atoms with Crippen LogP contribution in [0.15, 0.2) is 72.8 Å². The zero-order valence-electron chi connectivity index (χ0n) is 19.3. The molecule has 0 N–H and O–H groups in total. The van der Waals surface area contributed by atoms with Crippen LogP contribution in [0.1, 0.15) is 37.1 Å². The second-order valence-corrected chi connectivity index (χ2v) is 9.13. The molecule has 0 aliphatic carbocycles. The van der Waals surface area contributed by atoms with Crippen molar-refractivity contribution in [2.75, 3.05) is 18.1 Å². The monoisotopic (exact) mass is 473 g/mol. The number of hydrogen-bond acceptors (Lipinski definition) is 3. The molecule has 5 nitrogen and oxygen atoms in total. The number of para-hydroxylation sites is 2. The minimum absolute atomic E-state index is 0.0399. The molecule has 6 heteroatoms. The number of aromatic nitrogens is 2. The molecule has 1 unspecified atom stereocenters. The van der Waals surface area contributed by atoms with Crippen LogP contribution >= 0.6 is 11.6 Å². The number of carbonyl (C=O) groups is 1. The quantitative estimate of drug-likeness (QED) is 0.284. The lowest BCUT2D eigenvalue weighted by atomic mass is 10.1. The number of hydrogen-bond donors (Lipinski definition) is 0. The largest absolute Gasteiger partial charge is 0.494 e. The van der Waals surface area contributed by atoms with Crippen LogP contribution in [0.4, 0.5) is 5.69 Å². The summed E-state index contributed by atoms with van der Waals surface area (Å²) in [4.78, 5) is 19.7. The average Bonchev–Trinajstić information content (AvgIpc) is 3.43. The van der Waals surface area contributed by atoms with Crippen molar-refractivity contribution in [3.63, 3.8) is 0 Å². The van der Waals surface area contributed by atoms with Gasteiger partial charge in [0.05, 0.1) is 17.6 Å². The van der Waals surface area contributed by atoms with Gasteiger partial charge in [-0.15, -0.1) is 0 Å². The van der Waals surface area contributed by atoms with Crippen LogP contribution in [0, 0.1) is 0 Å². The first kappa shape index (κ1) is 22.5. The molecular weight excluding hydrogens is 446 g/mol. The van der Waals surface area contributed by atoms with Gasteiger partial charge in [-0.1, -0.05) is 42.8 Å². The predicted octanol–water partition coefficient (Wildman–Crippen LogP) is 6.24. The van der Waals surface area contributed by atoms with Gasteiger partial charge in [0.25, 0.3) is 0 Å². The molecule has 1 saturated heterocycles. The van der Waals surface area contributed by atoms with Crippen molar-refractivity contribution in [3.8, 4) is 5.75 Å². The highest BCUT2D eigenvalue weighted by molar-refractivity contribution is 6.30. The molecule has 1 fully saturated rings. The van der Waals surface area contributed by atoms with E-state index in [1.54, 1.807) is 0 Å². The van der Waals surface area contributed by atoms with Gasteiger partial charge < -0.3 is 14.2 Å². The second-order valence-electron chi connectivity index (χ2n) is 8.69. The fourth-order valence-corrected chi connectivity index (χ4v) is 4.75. The van der Waals surface area contributed by atoms with Gasteiger partial charge in [-0.3, -0.25) is 4.79 Å². The summed E-state index contributed by atoms with van der Waals surface area (Å²) >= 11 is 6.03. The third-order valence-electron chi connectivity index (χ3n) is 6.44. The Balaban J connectivity index is 1.32. The van der Waals surface area contributed by atoms with Gasteiger partial charge in [0, 0.05) is 36.1 Å². The molecule has 1 amide bonds. The Morgan fingerprint density at radius 1 is 1.03 bits per heavy atom. The van der Waals surface area contributed by atoms with Crippen molar-refractivity contribution in [1.82, 2.24) is 9.55 Å². The molecule has 0 bridgehead atoms. The molecule has 5 rings (SSSR count). The van der Waals surface area contributed by atoms with Crippen molar-refractivity contribution in [2.24, 2.45) is 0 Å². The maximum absolute atomic E-state index is 12.9. The van der Waals surface area contributed by atoms with Gasteiger partial charge >= 0.3 is 0 Å². The average molecular weight is 474 g/mol. The second kappa shape index (κ2) is 9.90. The third kappa shape index (κ3) is 4.66. The molecule has 0 radical (unpaired) electrons. The first-order valence-corrected chi connectivity index (χ1v) is 12.2. The van der Waals surface area contributed by atoms with Crippen LogP contribution in [0.3, 0.4) is 0 Å². The molecule has 34 heavy (non-hydrogen) atoms. The van der Waals surface area contributed by atoms with Crippen LogP contribution in [-0.2, 0) is 17.8 Å². The van der Waals surface area contributed by atoms with Crippen molar-refractivity contribution in [2.45, 2.75) is 38.6 Å². The summed E-state index contributed by atoms with van der Waals surface area (Å²) in [6.45, 7) is 4.17. The smallest absolute Gasteiger partial charge is 0.227 e. The Morgan fingerprint density at radius 3 is 2.56 bits per heavy atom. The number of amides is 1. The first-order chi connectivity index (χ1) is 16.6. The number of rotatable bonds is 8. The van der Waals surface area contributed by atoms with E-state index in [4.69, 9.17) is 21.3 Å². The van der Waals surface area contributed by atoms with Crippen LogP contribution in [-0.4, -0.2) is 28.6 Å². The Morgan fingerprint density at radius 2 is 1.79 bits per heavy atom. The predicted molar refractivity (Wildman–Crippen MR) is 137 cm³/mol. The highest BCUT2D eigenvalue weighted by atomic mass is 35.5. The number of halogens is 1. The van der Waals surface area contributed by atoms with Crippen LogP contribution in [0.5, 0.6) is 5.75 Å². The summed E-state index contributed by atoms with van der Waals surface area (Å²) < 4.78 is 8.24. The summed E-state index contributed by atoms with van der Waals surface area (Å²) in [7, 11) is 0. The molecule has 0 saturated carbocycles. The normalized spacial score (nSPS) is 15.9. The summed E-state index contributed by atoms with van der Waals surface area (Å²) in [6, 6.07) is 23.9. The number of anilines is 1. The lowest BCUT2D eigenvalue weighted by Gasteiger charge is -2.17. The number of ether oxygens (including phenoxy) is 1. The topological polar surface area (TPSA) is 47.4 Å². The molecular formula is C28H28ClN3O2. The highest BCUT2D eigenvalue weighted by Gasteiger charge is 2.34. The van der Waals surface area contributed by atoms with E-state index in [0.29, 0.717) is 24.6 Å². The Kier molecular flexibility index (Phi) is 6.54. The molecule has 174 valence electrons. The van der Waals surface area contributed by atoms with Gasteiger partial charge in [0.1, 0.15) is 11.6 Å². The van der Waals surface area contributed by atoms with Crippen molar-refractivity contribution < 1.29 is 9.53 Å². The van der Waals surface area contributed by atoms with Crippen LogP contribution in [0.2, 0.25) is 5.02 Å². The van der Waals surface area contributed by atoms with Crippen LogP contribution in [0.25, 0.3) is 11.0 Å². The Bertz CT molecular complexity index is 1280. The Labute approximate surface area is 204 Å². The summed E-state index contributed by atoms with van der Waals surface area (Å²) in [5, 5.41) is 0.664. The van der Waals surface area contributed by atoms with Gasteiger partial charge in [-0.25, -0.2) is 4.98 Å². The lowest BCUT2D eigenvalue weighted by molar-refractivity contribution is -0.117. The number of fused-ring (bicyclic) bond motifs is 1. The molecule has 1 atom stereocenters. The molecule has 1 aliphatic heterocycles. The summed E-state index contributed by atoms with van der Waals surface area (Å²) in [5.74, 6) is 2.02. The SMILES string of the molecule is CCc1ccc(OCCCn2c(C3CC(=O)N(c4ccc(Cl)cc4)C3)nc3ccccc32)cc1. The fourth-order valence-electron chi connectivity index (χ4n) is 4.63. The molecule has 4 aromatic rings. The summed E-state index contributed by atoms with van der Waals surface area (Å²) in [5.41, 5.74) is 4.25. The first-order valence-electron chi connectivity index (χ1n) is 11.8. The zero-order valence-corrected chi connectivity index (χ0v) is 20.0. The number of imidazole rings is 1. The summed E-state index contributed by atoms with van der Waals surface area (Å²) in [6.07, 6.45) is 2.33. The molecule has 2 heterocycles. The van der Waals surface area contributed by atoms with E-state index in [0.717, 1.165) is 47.7 Å². The van der Waals surface area contributed by atoms with Gasteiger partial charge in [0.15, 0.2) is 0 Å². The van der Waals surface area contributed by atoms with Crippen molar-refractivity contribution >= 4 is 34.2 Å². The van der Waals surface area contributed by atoms with Gasteiger partial charge in [-0.05, 0) is 66.9 Å². The van der Waals surface area contributed by atoms with E-state index < -0.39 is 0 Å². The van der Waals surface area contributed by atoms with Crippen LogP contribution < -0.4 is 9.64 Å². The van der Waals surface area contributed by atoms with E-state index in [1.807, 2.05) is 59.5 Å². The molecule has 0 spiro atoms. The number of nitrogens with zero attached hydrogens (tertiary/aromatic N) is 3. The number of benzene rings is 3. The van der Waals surface area contributed by atoms with E-state index in [2.05, 4.69) is 29.7 Å². The maximum atomic E-state index is 12.9. The van der Waals surface area contributed by atoms with E-state index >= 15 is 0 Å². The minimum Gasteiger partial charge on any atom is -0.494 e. The van der Waals surface area contributed by atoms with Gasteiger partial charge in [-0.2, -0.15) is 0 Å². The van der Waals surface area contributed by atoms with E-state index in [-0.39, 0.29) is 11.8 Å². The Hall–Kier alpha value is -3.31. The molecule has 1 aliphatic rings. The van der Waals surface area contributed by atoms with Crippen molar-refractivity contribution in [3.05, 3.63) is 89.2 Å². The van der Waals surface area contributed by atoms with Crippen molar-refractivity contribution in [1.29, 1.82) is 0 Å². The van der Waals surface area contributed by atoms with Gasteiger partial charge in [0.2, 0.25) is 5.91 Å². The zero-order chi connectivity index (χ0) is 23.5.